The van der Waals surface area contributed by atoms with E-state index in [1.807, 2.05) is 32.0 Å². The fraction of sp³-hybridized carbons (Fsp3) is 0.400. The van der Waals surface area contributed by atoms with Gasteiger partial charge in [0.25, 0.3) is 0 Å². The lowest BCUT2D eigenvalue weighted by atomic mass is 10.1. The first-order valence-corrected chi connectivity index (χ1v) is 9.23. The van der Waals surface area contributed by atoms with E-state index in [4.69, 9.17) is 19.0 Å². The smallest absolute Gasteiger partial charge is 0.316 e. The van der Waals surface area contributed by atoms with Crippen LogP contribution in [0.1, 0.15) is 28.8 Å². The summed E-state index contributed by atoms with van der Waals surface area (Å²) in [6.45, 7) is 6.85. The van der Waals surface area contributed by atoms with Crippen molar-refractivity contribution in [3.63, 3.8) is 0 Å². The molecule has 1 unspecified atom stereocenters. The molecule has 0 spiro atoms. The van der Waals surface area contributed by atoms with Crippen LogP contribution in [-0.2, 0) is 11.3 Å². The first-order valence-electron chi connectivity index (χ1n) is 9.23. The highest BCUT2D eigenvalue weighted by atomic mass is 16.5. The van der Waals surface area contributed by atoms with Gasteiger partial charge < -0.3 is 14.0 Å². The number of methoxy groups -OCH3 is 1. The third-order valence-corrected chi connectivity index (χ3v) is 4.81. The first-order chi connectivity index (χ1) is 13.6. The topological polar surface area (TPSA) is 86.4 Å². The van der Waals surface area contributed by atoms with E-state index < -0.39 is 0 Å². The number of hydrogen-bond acceptors (Lipinski definition) is 8. The lowest BCUT2D eigenvalue weighted by molar-refractivity contribution is -0.0350. The Bertz CT molecular complexity index is 922. The van der Waals surface area contributed by atoms with E-state index in [1.54, 1.807) is 19.5 Å². The number of aryl methyl sites for hydroxylation is 2. The Hall–Kier alpha value is -2.84. The van der Waals surface area contributed by atoms with Crippen LogP contribution in [0.5, 0.6) is 6.01 Å². The van der Waals surface area contributed by atoms with E-state index in [-0.39, 0.29) is 6.10 Å². The Kier molecular flexibility index (Phi) is 5.31. The monoisotopic (exact) mass is 381 g/mol. The van der Waals surface area contributed by atoms with E-state index in [0.29, 0.717) is 12.6 Å². The van der Waals surface area contributed by atoms with Gasteiger partial charge in [0.1, 0.15) is 11.9 Å². The highest BCUT2D eigenvalue weighted by Crippen LogP contribution is 2.28. The van der Waals surface area contributed by atoms with Gasteiger partial charge in [-0.2, -0.15) is 0 Å². The predicted molar refractivity (Wildman–Crippen MR) is 102 cm³/mol. The zero-order valence-electron chi connectivity index (χ0n) is 16.3. The number of morpholine rings is 1. The van der Waals surface area contributed by atoms with Crippen LogP contribution >= 0.6 is 0 Å². The minimum atomic E-state index is -0.0895. The van der Waals surface area contributed by atoms with Crippen molar-refractivity contribution in [1.29, 1.82) is 0 Å². The van der Waals surface area contributed by atoms with Gasteiger partial charge in [-0.05, 0) is 26.0 Å². The first kappa shape index (κ1) is 18.5. The summed E-state index contributed by atoms with van der Waals surface area (Å²) in [5, 5.41) is 4.03. The number of nitrogens with zero attached hydrogens (tertiary/aromatic N) is 5. The maximum absolute atomic E-state index is 6.01. The van der Waals surface area contributed by atoms with Crippen LogP contribution < -0.4 is 4.74 Å². The molecular formula is C20H23N5O3. The minimum absolute atomic E-state index is 0.0895. The molecule has 1 atom stereocenters. The van der Waals surface area contributed by atoms with Crippen molar-refractivity contribution in [1.82, 2.24) is 25.0 Å². The molecule has 4 rings (SSSR count). The second-order valence-corrected chi connectivity index (χ2v) is 6.82. The lowest BCUT2D eigenvalue weighted by Crippen LogP contribution is -2.38. The van der Waals surface area contributed by atoms with Gasteiger partial charge in [0.15, 0.2) is 0 Å². The molecule has 1 saturated heterocycles. The summed E-state index contributed by atoms with van der Waals surface area (Å²) in [5.74, 6) is 0.771. The Labute approximate surface area is 163 Å². The fourth-order valence-corrected chi connectivity index (χ4v) is 3.43. The third-order valence-electron chi connectivity index (χ3n) is 4.81. The second kappa shape index (κ2) is 8.04. The summed E-state index contributed by atoms with van der Waals surface area (Å²) in [6, 6.07) is 6.37. The molecule has 28 heavy (non-hydrogen) atoms. The molecule has 3 aromatic rings. The molecule has 0 saturated carbocycles. The number of aromatic nitrogens is 4. The Morgan fingerprint density at radius 2 is 2.04 bits per heavy atom. The summed E-state index contributed by atoms with van der Waals surface area (Å²) in [7, 11) is 1.56. The van der Waals surface area contributed by atoms with Gasteiger partial charge in [0.05, 0.1) is 36.4 Å². The molecule has 0 aliphatic carbocycles. The summed E-state index contributed by atoms with van der Waals surface area (Å²) in [6.07, 6.45) is 3.51. The minimum Gasteiger partial charge on any atom is -0.467 e. The van der Waals surface area contributed by atoms with Gasteiger partial charge in [-0.25, -0.2) is 15.0 Å². The van der Waals surface area contributed by atoms with Crippen LogP contribution in [0.15, 0.2) is 35.1 Å². The molecule has 3 aromatic heterocycles. The van der Waals surface area contributed by atoms with E-state index in [0.717, 1.165) is 53.6 Å². The van der Waals surface area contributed by atoms with E-state index >= 15 is 0 Å². The van der Waals surface area contributed by atoms with Crippen LogP contribution in [-0.4, -0.2) is 51.8 Å². The van der Waals surface area contributed by atoms with Crippen LogP contribution in [0.2, 0.25) is 0 Å². The number of pyridine rings is 1. The maximum atomic E-state index is 6.01. The summed E-state index contributed by atoms with van der Waals surface area (Å²) >= 11 is 0. The molecule has 1 aliphatic rings. The maximum Gasteiger partial charge on any atom is 0.316 e. The quantitative estimate of drug-likeness (QED) is 0.667. The van der Waals surface area contributed by atoms with Crippen molar-refractivity contribution in [2.75, 3.05) is 26.8 Å². The summed E-state index contributed by atoms with van der Waals surface area (Å²) in [4.78, 5) is 15.5. The van der Waals surface area contributed by atoms with Gasteiger partial charge >= 0.3 is 6.01 Å². The highest BCUT2D eigenvalue weighted by molar-refractivity contribution is 5.63. The van der Waals surface area contributed by atoms with Crippen molar-refractivity contribution in [2.24, 2.45) is 0 Å². The number of ether oxygens (including phenoxy) is 2. The van der Waals surface area contributed by atoms with Gasteiger partial charge in [-0.1, -0.05) is 11.2 Å². The Morgan fingerprint density at radius 1 is 1.21 bits per heavy atom. The van der Waals surface area contributed by atoms with Crippen molar-refractivity contribution in [3.8, 4) is 17.3 Å². The molecule has 146 valence electrons. The van der Waals surface area contributed by atoms with Crippen molar-refractivity contribution in [2.45, 2.75) is 26.5 Å². The van der Waals surface area contributed by atoms with Crippen LogP contribution in [0.25, 0.3) is 11.3 Å². The molecule has 0 aromatic carbocycles. The zero-order chi connectivity index (χ0) is 19.5. The molecular weight excluding hydrogens is 358 g/mol. The average Bonchev–Trinajstić information content (AvgIpc) is 3.07. The Balaban J connectivity index is 1.49. The molecule has 0 N–H and O–H groups in total. The number of hydrogen-bond donors (Lipinski definition) is 0. The SMILES string of the molecule is COc1ncc(CN2CCOC(c3cccc(-c4c(C)noc4C)n3)C2)cn1. The molecule has 1 aliphatic heterocycles. The third kappa shape index (κ3) is 3.88. The molecule has 1 fully saturated rings. The molecule has 0 amide bonds. The van der Waals surface area contributed by atoms with Gasteiger partial charge in [-0.3, -0.25) is 4.90 Å². The molecule has 8 nitrogen and oxygen atoms in total. The van der Waals surface area contributed by atoms with Crippen LogP contribution in [0.3, 0.4) is 0 Å². The summed E-state index contributed by atoms with van der Waals surface area (Å²) < 4.78 is 16.3. The van der Waals surface area contributed by atoms with Crippen LogP contribution in [0, 0.1) is 13.8 Å². The van der Waals surface area contributed by atoms with Gasteiger partial charge in [0, 0.05) is 37.6 Å². The van der Waals surface area contributed by atoms with Crippen molar-refractivity contribution in [3.05, 3.63) is 53.3 Å². The Morgan fingerprint density at radius 3 is 2.75 bits per heavy atom. The van der Waals surface area contributed by atoms with E-state index in [2.05, 4.69) is 20.0 Å². The highest BCUT2D eigenvalue weighted by Gasteiger charge is 2.24. The molecule has 8 heteroatoms. The average molecular weight is 381 g/mol. The zero-order valence-corrected chi connectivity index (χ0v) is 16.3. The van der Waals surface area contributed by atoms with Crippen LogP contribution in [0.4, 0.5) is 0 Å². The van der Waals surface area contributed by atoms with E-state index in [9.17, 15) is 0 Å². The van der Waals surface area contributed by atoms with Gasteiger partial charge in [0.2, 0.25) is 0 Å². The molecule has 0 bridgehead atoms. The summed E-state index contributed by atoms with van der Waals surface area (Å²) in [5.41, 5.74) is 4.60. The normalized spacial score (nSPS) is 17.6. The van der Waals surface area contributed by atoms with E-state index in [1.165, 1.54) is 0 Å². The molecule has 0 radical (unpaired) electrons. The lowest BCUT2D eigenvalue weighted by Gasteiger charge is -2.32. The van der Waals surface area contributed by atoms with Crippen molar-refractivity contribution >= 4 is 0 Å². The number of rotatable bonds is 5. The fourth-order valence-electron chi connectivity index (χ4n) is 3.43. The second-order valence-electron chi connectivity index (χ2n) is 6.82. The standard InChI is InChI=1S/C20H23N5O3/c1-13-19(14(2)28-24-13)17-6-4-5-16(23-17)18-12-25(7-8-27-18)11-15-9-21-20(26-3)22-10-15/h4-6,9-10,18H,7-8,11-12H2,1-3H3. The van der Waals surface area contributed by atoms with Gasteiger partial charge in [-0.15, -0.1) is 0 Å². The molecule has 4 heterocycles. The predicted octanol–water partition coefficient (Wildman–Crippen LogP) is 2.73. The van der Waals surface area contributed by atoms with Crippen molar-refractivity contribution < 1.29 is 14.0 Å². The largest absolute Gasteiger partial charge is 0.467 e.